The van der Waals surface area contributed by atoms with E-state index in [1.165, 1.54) is 0 Å². The van der Waals surface area contributed by atoms with Gasteiger partial charge in [0.05, 0.1) is 5.41 Å². The molecule has 0 aliphatic heterocycles. The molecular formula is C11H16O. The Kier molecular flexibility index (Phi) is 2.22. The first kappa shape index (κ1) is 9.24. The highest BCUT2D eigenvalue weighted by Crippen LogP contribution is 2.39. The second-order valence-corrected chi connectivity index (χ2v) is 3.83. The van der Waals surface area contributed by atoms with Crippen molar-refractivity contribution in [3.05, 3.63) is 24.3 Å². The van der Waals surface area contributed by atoms with E-state index in [0.717, 1.165) is 12.0 Å². The average molecular weight is 164 g/mol. The Balaban J connectivity index is 3.01. The van der Waals surface area contributed by atoms with E-state index in [0.29, 0.717) is 5.92 Å². The molecule has 1 heteroatoms. The van der Waals surface area contributed by atoms with E-state index < -0.39 is 0 Å². The number of hydrogen-bond donors (Lipinski definition) is 0. The molecule has 1 aliphatic rings. The molecule has 0 spiro atoms. The average Bonchev–Trinajstić information content (AvgIpc) is 2.00. The Labute approximate surface area is 74.2 Å². The van der Waals surface area contributed by atoms with Crippen molar-refractivity contribution in [2.24, 2.45) is 11.3 Å². The summed E-state index contributed by atoms with van der Waals surface area (Å²) in [6.07, 6.45) is 5.01. The zero-order valence-corrected chi connectivity index (χ0v) is 8.05. The van der Waals surface area contributed by atoms with Gasteiger partial charge in [0.1, 0.15) is 5.78 Å². The summed E-state index contributed by atoms with van der Waals surface area (Å²) in [7, 11) is 0. The van der Waals surface area contributed by atoms with Crippen LogP contribution in [0.2, 0.25) is 0 Å². The van der Waals surface area contributed by atoms with Crippen LogP contribution in [0.3, 0.4) is 0 Å². The highest BCUT2D eigenvalue weighted by molar-refractivity contribution is 5.85. The number of carbonyl (C=O) groups excluding carboxylic acids is 1. The lowest BCUT2D eigenvalue weighted by molar-refractivity contribution is -0.124. The molecular weight excluding hydrogens is 148 g/mol. The smallest absolute Gasteiger partial charge is 0.140 e. The Morgan fingerprint density at radius 1 is 1.75 bits per heavy atom. The lowest BCUT2D eigenvalue weighted by Crippen LogP contribution is -2.31. The minimum absolute atomic E-state index is 0.226. The lowest BCUT2D eigenvalue weighted by Gasteiger charge is -2.34. The summed E-state index contributed by atoms with van der Waals surface area (Å²) in [5, 5.41) is 0. The van der Waals surface area contributed by atoms with Gasteiger partial charge in [0, 0.05) is 0 Å². The van der Waals surface area contributed by atoms with Crippen LogP contribution in [0.4, 0.5) is 0 Å². The van der Waals surface area contributed by atoms with Crippen LogP contribution in [0.5, 0.6) is 0 Å². The third-order valence-electron chi connectivity index (χ3n) is 2.99. The molecule has 0 heterocycles. The van der Waals surface area contributed by atoms with Crippen LogP contribution in [-0.2, 0) is 4.79 Å². The predicted molar refractivity (Wildman–Crippen MR) is 50.8 cm³/mol. The Morgan fingerprint density at radius 2 is 2.33 bits per heavy atom. The first-order valence-corrected chi connectivity index (χ1v) is 4.35. The van der Waals surface area contributed by atoms with E-state index >= 15 is 0 Å². The molecule has 1 nitrogen and oxygen atoms in total. The Bertz CT molecular complexity index is 250. The van der Waals surface area contributed by atoms with Crippen LogP contribution in [0.1, 0.15) is 27.2 Å². The van der Waals surface area contributed by atoms with Gasteiger partial charge in [0.15, 0.2) is 0 Å². The van der Waals surface area contributed by atoms with Crippen molar-refractivity contribution in [1.29, 1.82) is 0 Å². The fourth-order valence-corrected chi connectivity index (χ4v) is 1.63. The van der Waals surface area contributed by atoms with Gasteiger partial charge in [0.2, 0.25) is 0 Å². The van der Waals surface area contributed by atoms with E-state index in [2.05, 4.69) is 25.7 Å². The second kappa shape index (κ2) is 2.89. The van der Waals surface area contributed by atoms with Gasteiger partial charge in [-0.1, -0.05) is 31.2 Å². The van der Waals surface area contributed by atoms with E-state index in [4.69, 9.17) is 0 Å². The molecule has 0 aromatic carbocycles. The highest BCUT2D eigenvalue weighted by Gasteiger charge is 2.35. The van der Waals surface area contributed by atoms with Crippen LogP contribution in [0.25, 0.3) is 0 Å². The van der Waals surface area contributed by atoms with Gasteiger partial charge in [-0.15, -0.1) is 0 Å². The summed E-state index contributed by atoms with van der Waals surface area (Å²) in [4.78, 5) is 11.4. The maximum absolute atomic E-state index is 11.4. The number of rotatable bonds is 1. The van der Waals surface area contributed by atoms with Gasteiger partial charge in [0.25, 0.3) is 0 Å². The van der Waals surface area contributed by atoms with Crippen molar-refractivity contribution >= 4 is 5.78 Å². The molecule has 0 saturated heterocycles. The zero-order chi connectivity index (χ0) is 9.35. The fourth-order valence-electron chi connectivity index (χ4n) is 1.63. The Hall–Kier alpha value is -0.850. The molecule has 0 fully saturated rings. The molecule has 0 saturated carbocycles. The van der Waals surface area contributed by atoms with Gasteiger partial charge >= 0.3 is 0 Å². The summed E-state index contributed by atoms with van der Waals surface area (Å²) in [6.45, 7) is 9.71. The maximum Gasteiger partial charge on any atom is 0.140 e. The van der Waals surface area contributed by atoms with E-state index in [1.807, 2.05) is 6.92 Å². The molecule has 0 radical (unpaired) electrons. The van der Waals surface area contributed by atoms with Crippen molar-refractivity contribution in [2.45, 2.75) is 27.2 Å². The van der Waals surface area contributed by atoms with E-state index in [1.54, 1.807) is 6.92 Å². The van der Waals surface area contributed by atoms with Crippen LogP contribution in [0.15, 0.2) is 24.3 Å². The summed E-state index contributed by atoms with van der Waals surface area (Å²) in [5.74, 6) is 0.566. The number of Topliss-reactive ketones (excluding diaryl/α,β-unsaturated/α-hetero) is 1. The Morgan fingerprint density at radius 3 is 2.75 bits per heavy atom. The first-order chi connectivity index (χ1) is 5.48. The fraction of sp³-hybridized carbons (Fsp3) is 0.545. The third-order valence-corrected chi connectivity index (χ3v) is 2.99. The lowest BCUT2D eigenvalue weighted by atomic mass is 9.69. The molecule has 1 rings (SSSR count). The highest BCUT2D eigenvalue weighted by atomic mass is 16.1. The molecule has 1 aliphatic carbocycles. The normalized spacial score (nSPS) is 35.2. The van der Waals surface area contributed by atoms with Crippen molar-refractivity contribution in [2.75, 3.05) is 0 Å². The third kappa shape index (κ3) is 1.24. The van der Waals surface area contributed by atoms with Gasteiger partial charge < -0.3 is 0 Å². The van der Waals surface area contributed by atoms with Crippen LogP contribution >= 0.6 is 0 Å². The van der Waals surface area contributed by atoms with Gasteiger partial charge in [-0.05, 0) is 26.2 Å². The summed E-state index contributed by atoms with van der Waals surface area (Å²) < 4.78 is 0. The van der Waals surface area contributed by atoms with Crippen molar-refractivity contribution in [3.8, 4) is 0 Å². The molecule has 0 aromatic rings. The van der Waals surface area contributed by atoms with E-state index in [9.17, 15) is 4.79 Å². The standard InChI is InChI=1S/C11H16O/c1-8-6-5-7-11(4,9(8)2)10(3)12/h5-6,8H,2,7H2,1,3-4H3. The molecule has 0 aromatic heterocycles. The summed E-state index contributed by atoms with van der Waals surface area (Å²) in [5.41, 5.74) is 0.742. The van der Waals surface area contributed by atoms with E-state index in [-0.39, 0.29) is 11.2 Å². The number of ketones is 1. The second-order valence-electron chi connectivity index (χ2n) is 3.83. The first-order valence-electron chi connectivity index (χ1n) is 4.35. The largest absolute Gasteiger partial charge is 0.299 e. The van der Waals surface area contributed by atoms with Crippen molar-refractivity contribution in [1.82, 2.24) is 0 Å². The SMILES string of the molecule is C=C1C(C)C=CCC1(C)C(C)=O. The molecule has 2 unspecified atom stereocenters. The quantitative estimate of drug-likeness (QED) is 0.544. The minimum Gasteiger partial charge on any atom is -0.299 e. The molecule has 0 amide bonds. The molecule has 0 N–H and O–H groups in total. The molecule has 0 bridgehead atoms. The number of allylic oxidation sites excluding steroid dienone is 3. The predicted octanol–water partition coefficient (Wildman–Crippen LogP) is 2.73. The maximum atomic E-state index is 11.4. The van der Waals surface area contributed by atoms with Crippen molar-refractivity contribution < 1.29 is 4.79 Å². The molecule has 2 atom stereocenters. The number of carbonyl (C=O) groups is 1. The van der Waals surface area contributed by atoms with Gasteiger partial charge in [-0.25, -0.2) is 0 Å². The number of hydrogen-bond acceptors (Lipinski definition) is 1. The molecule has 12 heavy (non-hydrogen) atoms. The van der Waals surface area contributed by atoms with Crippen molar-refractivity contribution in [3.63, 3.8) is 0 Å². The van der Waals surface area contributed by atoms with Crippen LogP contribution < -0.4 is 0 Å². The zero-order valence-electron chi connectivity index (χ0n) is 8.05. The summed E-state index contributed by atoms with van der Waals surface area (Å²) >= 11 is 0. The topological polar surface area (TPSA) is 17.1 Å². The molecule has 66 valence electrons. The van der Waals surface area contributed by atoms with Gasteiger partial charge in [-0.2, -0.15) is 0 Å². The van der Waals surface area contributed by atoms with Crippen LogP contribution in [-0.4, -0.2) is 5.78 Å². The monoisotopic (exact) mass is 164 g/mol. The minimum atomic E-state index is -0.311. The van der Waals surface area contributed by atoms with Gasteiger partial charge in [-0.3, -0.25) is 4.79 Å². The van der Waals surface area contributed by atoms with Crippen LogP contribution in [0, 0.1) is 11.3 Å². The summed E-state index contributed by atoms with van der Waals surface area (Å²) in [6, 6.07) is 0.